The van der Waals surface area contributed by atoms with E-state index in [0.29, 0.717) is 41.6 Å². The number of nitrogens with two attached hydrogens (primary N) is 1. The highest BCUT2D eigenvalue weighted by Crippen LogP contribution is 2.48. The van der Waals surface area contributed by atoms with Crippen molar-refractivity contribution in [3.8, 4) is 11.8 Å². The Morgan fingerprint density at radius 2 is 1.97 bits per heavy atom. The van der Waals surface area contributed by atoms with Crippen LogP contribution >= 0.6 is 11.6 Å². The fraction of sp³-hybridized carbons (Fsp3) is 0.280. The molecule has 0 amide bonds. The Labute approximate surface area is 186 Å². The van der Waals surface area contributed by atoms with Gasteiger partial charge in [-0.15, -0.1) is 0 Å². The summed E-state index contributed by atoms with van der Waals surface area (Å²) in [7, 11) is 0. The number of Topliss-reactive ketones (excluding diaryl/α,β-unsaturated/α-hetero) is 1. The van der Waals surface area contributed by atoms with Crippen LogP contribution in [0.5, 0.6) is 5.75 Å². The summed E-state index contributed by atoms with van der Waals surface area (Å²) in [5.41, 5.74) is 8.41. The van der Waals surface area contributed by atoms with Crippen LogP contribution in [0.15, 0.2) is 71.3 Å². The number of hydrogen-bond acceptors (Lipinski definition) is 5. The molecule has 0 aromatic heterocycles. The Morgan fingerprint density at radius 1 is 1.23 bits per heavy atom. The molecule has 1 atom stereocenters. The molecule has 1 heterocycles. The molecule has 0 fully saturated rings. The molecule has 2 aromatic carbocycles. The topological polar surface area (TPSA) is 85.3 Å². The van der Waals surface area contributed by atoms with Crippen LogP contribution in [0.4, 0.5) is 0 Å². The first kappa shape index (κ1) is 21.0. The molecule has 2 N–H and O–H groups in total. The minimum absolute atomic E-state index is 0.0102. The number of carbonyl (C=O) groups is 1. The summed E-state index contributed by atoms with van der Waals surface area (Å²) in [6, 6.07) is 17.0. The predicted molar refractivity (Wildman–Crippen MR) is 118 cm³/mol. The van der Waals surface area contributed by atoms with Gasteiger partial charge in [0.2, 0.25) is 5.88 Å². The summed E-state index contributed by atoms with van der Waals surface area (Å²) in [6.45, 7) is 4.43. The molecule has 1 aliphatic carbocycles. The van der Waals surface area contributed by atoms with Crippen molar-refractivity contribution in [2.24, 2.45) is 11.1 Å². The summed E-state index contributed by atoms with van der Waals surface area (Å²) in [5, 5.41) is 10.4. The van der Waals surface area contributed by atoms with Crippen LogP contribution in [0.3, 0.4) is 0 Å². The van der Waals surface area contributed by atoms with E-state index in [9.17, 15) is 10.1 Å². The first-order valence-electron chi connectivity index (χ1n) is 10.1. The number of nitriles is 1. The number of hydrogen-bond donors (Lipinski definition) is 1. The van der Waals surface area contributed by atoms with E-state index in [0.717, 1.165) is 11.1 Å². The first-order chi connectivity index (χ1) is 14.8. The first-order valence-corrected chi connectivity index (χ1v) is 10.5. The highest BCUT2D eigenvalue weighted by Gasteiger charge is 2.43. The normalized spacial score (nSPS) is 20.1. The minimum atomic E-state index is -0.559. The van der Waals surface area contributed by atoms with E-state index in [4.69, 9.17) is 26.8 Å². The molecule has 158 valence electrons. The molecule has 1 aliphatic heterocycles. The minimum Gasteiger partial charge on any atom is -0.489 e. The fourth-order valence-corrected chi connectivity index (χ4v) is 4.28. The number of benzene rings is 2. The number of rotatable bonds is 4. The van der Waals surface area contributed by atoms with Crippen LogP contribution < -0.4 is 10.5 Å². The average molecular weight is 435 g/mol. The lowest BCUT2D eigenvalue weighted by atomic mass is 9.70. The highest BCUT2D eigenvalue weighted by atomic mass is 35.5. The lowest BCUT2D eigenvalue weighted by Gasteiger charge is -2.37. The maximum Gasteiger partial charge on any atom is 0.205 e. The summed E-state index contributed by atoms with van der Waals surface area (Å²) in [5.74, 6) is 0.695. The second-order valence-corrected chi connectivity index (χ2v) is 9.13. The van der Waals surface area contributed by atoms with Crippen molar-refractivity contribution in [1.29, 1.82) is 5.26 Å². The zero-order valence-electron chi connectivity index (χ0n) is 17.4. The number of ether oxygens (including phenoxy) is 2. The monoisotopic (exact) mass is 434 g/mol. The van der Waals surface area contributed by atoms with Crippen LogP contribution in [0, 0.1) is 16.7 Å². The summed E-state index contributed by atoms with van der Waals surface area (Å²) >= 11 is 5.94. The van der Waals surface area contributed by atoms with E-state index in [-0.39, 0.29) is 22.7 Å². The van der Waals surface area contributed by atoms with Gasteiger partial charge < -0.3 is 15.2 Å². The molecule has 5 nitrogen and oxygen atoms in total. The maximum absolute atomic E-state index is 13.1. The Balaban J connectivity index is 1.67. The lowest BCUT2D eigenvalue weighted by Crippen LogP contribution is -2.33. The van der Waals surface area contributed by atoms with Crippen molar-refractivity contribution >= 4 is 17.4 Å². The van der Waals surface area contributed by atoms with Crippen molar-refractivity contribution in [1.82, 2.24) is 0 Å². The van der Waals surface area contributed by atoms with E-state index >= 15 is 0 Å². The van der Waals surface area contributed by atoms with Gasteiger partial charge in [-0.25, -0.2) is 0 Å². The van der Waals surface area contributed by atoms with Crippen LogP contribution in [-0.2, 0) is 16.1 Å². The number of allylic oxidation sites excluding steroid dienone is 3. The van der Waals surface area contributed by atoms with Crippen LogP contribution in [0.25, 0.3) is 0 Å². The quantitative estimate of drug-likeness (QED) is 0.699. The van der Waals surface area contributed by atoms with E-state index in [1.165, 1.54) is 0 Å². The number of ketones is 1. The molecular weight excluding hydrogens is 412 g/mol. The van der Waals surface area contributed by atoms with Gasteiger partial charge in [0.05, 0.1) is 5.92 Å². The zero-order chi connectivity index (χ0) is 22.2. The van der Waals surface area contributed by atoms with Crippen LogP contribution in [-0.4, -0.2) is 5.78 Å². The molecule has 0 saturated heterocycles. The van der Waals surface area contributed by atoms with Crippen molar-refractivity contribution in [2.45, 2.75) is 39.2 Å². The van der Waals surface area contributed by atoms with Gasteiger partial charge in [-0.1, -0.05) is 49.7 Å². The maximum atomic E-state index is 13.1. The van der Waals surface area contributed by atoms with Gasteiger partial charge >= 0.3 is 0 Å². The fourth-order valence-electron chi connectivity index (χ4n) is 4.15. The second-order valence-electron chi connectivity index (χ2n) is 8.69. The van der Waals surface area contributed by atoms with Gasteiger partial charge in [0.25, 0.3) is 0 Å². The smallest absolute Gasteiger partial charge is 0.205 e. The number of carbonyl (C=O) groups excluding carboxylic acids is 1. The SMILES string of the molecule is CC1(C)CC(=O)C2=C(C1)OC(N)=C(C#N)C2c1cccc(OCc2ccc(Cl)cc2)c1. The Kier molecular flexibility index (Phi) is 5.51. The summed E-state index contributed by atoms with van der Waals surface area (Å²) in [4.78, 5) is 13.1. The van der Waals surface area contributed by atoms with E-state index < -0.39 is 5.92 Å². The Morgan fingerprint density at radius 3 is 2.68 bits per heavy atom. The summed E-state index contributed by atoms with van der Waals surface area (Å²) < 4.78 is 11.7. The molecule has 31 heavy (non-hydrogen) atoms. The van der Waals surface area contributed by atoms with E-state index in [1.807, 2.05) is 62.4 Å². The van der Waals surface area contributed by atoms with E-state index in [1.54, 1.807) is 0 Å². The van der Waals surface area contributed by atoms with Crippen molar-refractivity contribution in [3.05, 3.63) is 87.5 Å². The van der Waals surface area contributed by atoms with Gasteiger partial charge in [-0.3, -0.25) is 4.79 Å². The highest BCUT2D eigenvalue weighted by molar-refractivity contribution is 6.30. The average Bonchev–Trinajstić information content (AvgIpc) is 2.71. The molecule has 2 aliphatic rings. The zero-order valence-corrected chi connectivity index (χ0v) is 18.2. The third-order valence-corrected chi connectivity index (χ3v) is 5.84. The molecule has 0 spiro atoms. The Bertz CT molecular complexity index is 1140. The van der Waals surface area contributed by atoms with Crippen molar-refractivity contribution in [2.75, 3.05) is 0 Å². The number of halogens is 1. The summed E-state index contributed by atoms with van der Waals surface area (Å²) in [6.07, 6.45) is 0.994. The Hall–Kier alpha value is -3.23. The lowest BCUT2D eigenvalue weighted by molar-refractivity contribution is -0.119. The molecule has 6 heteroatoms. The van der Waals surface area contributed by atoms with Gasteiger partial charge in [-0.05, 0) is 40.8 Å². The standard InChI is InChI=1S/C25H23ClN2O3/c1-25(2)11-20(29)23-21(12-25)31-24(28)19(13-27)22(23)16-4-3-5-18(10-16)30-14-15-6-8-17(26)9-7-15/h3-10,22H,11-12,14,28H2,1-2H3. The third kappa shape index (κ3) is 4.30. The molecule has 4 rings (SSSR count). The molecule has 0 saturated carbocycles. The predicted octanol–water partition coefficient (Wildman–Crippen LogP) is 5.37. The molecular formula is C25H23ClN2O3. The number of nitrogens with zero attached hydrogens (tertiary/aromatic N) is 1. The third-order valence-electron chi connectivity index (χ3n) is 5.59. The molecule has 2 aromatic rings. The van der Waals surface area contributed by atoms with Crippen molar-refractivity contribution < 1.29 is 14.3 Å². The van der Waals surface area contributed by atoms with Gasteiger partial charge in [0, 0.05) is 23.4 Å². The van der Waals surface area contributed by atoms with E-state index in [2.05, 4.69) is 6.07 Å². The second kappa shape index (κ2) is 8.13. The van der Waals surface area contributed by atoms with Gasteiger partial charge in [-0.2, -0.15) is 5.26 Å². The van der Waals surface area contributed by atoms with Crippen molar-refractivity contribution in [3.63, 3.8) is 0 Å². The largest absolute Gasteiger partial charge is 0.489 e. The van der Waals surface area contributed by atoms with Gasteiger partial charge in [0.1, 0.15) is 29.8 Å². The molecule has 0 radical (unpaired) electrons. The van der Waals surface area contributed by atoms with Crippen LogP contribution in [0.2, 0.25) is 5.02 Å². The van der Waals surface area contributed by atoms with Crippen LogP contribution in [0.1, 0.15) is 43.7 Å². The molecule has 0 bridgehead atoms. The molecule has 1 unspecified atom stereocenters. The van der Waals surface area contributed by atoms with Gasteiger partial charge in [0.15, 0.2) is 5.78 Å².